The first-order valence-electron chi connectivity index (χ1n) is 8.75. The fourth-order valence-electron chi connectivity index (χ4n) is 2.73. The molecule has 0 spiro atoms. The second-order valence-electron chi connectivity index (χ2n) is 6.62. The average Bonchev–Trinajstić information content (AvgIpc) is 2.86. The van der Waals surface area contributed by atoms with Crippen LogP contribution >= 0.6 is 0 Å². The van der Waals surface area contributed by atoms with Crippen LogP contribution < -0.4 is 5.32 Å². The quantitative estimate of drug-likeness (QED) is 0.597. The van der Waals surface area contributed by atoms with Crippen molar-refractivity contribution >= 4 is 23.3 Å². The summed E-state index contributed by atoms with van der Waals surface area (Å²) in [7, 11) is 1.78. The van der Waals surface area contributed by atoms with Crippen molar-refractivity contribution in [1.82, 2.24) is 9.78 Å². The molecule has 1 aromatic heterocycles. The van der Waals surface area contributed by atoms with Crippen molar-refractivity contribution in [2.45, 2.75) is 40.5 Å². The van der Waals surface area contributed by atoms with E-state index in [2.05, 4.69) is 10.4 Å². The van der Waals surface area contributed by atoms with Gasteiger partial charge in [0.2, 0.25) is 0 Å². The van der Waals surface area contributed by atoms with E-state index >= 15 is 0 Å². The summed E-state index contributed by atoms with van der Waals surface area (Å²) in [5.41, 5.74) is 4.59. The Balaban J connectivity index is 1.81. The number of anilines is 1. The number of nitrogens with one attached hydrogen (secondary N) is 1. The number of nitrogens with zero attached hydrogens (tertiary/aromatic N) is 2. The SMILES string of the molecule is Cc1ccc(C)c(C(=O)CCC(=O)OCC(=O)Nc2c(C)nn(C)c2C)c1. The molecular weight excluding hydrogens is 346 g/mol. The van der Waals surface area contributed by atoms with E-state index in [0.29, 0.717) is 16.9 Å². The Bertz CT molecular complexity index is 884. The Morgan fingerprint density at radius 3 is 2.44 bits per heavy atom. The van der Waals surface area contributed by atoms with Crippen LogP contribution in [0.2, 0.25) is 0 Å². The number of esters is 1. The van der Waals surface area contributed by atoms with Gasteiger partial charge < -0.3 is 10.1 Å². The van der Waals surface area contributed by atoms with Crippen molar-refractivity contribution in [2.75, 3.05) is 11.9 Å². The second-order valence-corrected chi connectivity index (χ2v) is 6.62. The summed E-state index contributed by atoms with van der Waals surface area (Å²) in [6, 6.07) is 5.63. The molecule has 0 saturated carbocycles. The Kier molecular flexibility index (Phi) is 6.50. The first-order valence-corrected chi connectivity index (χ1v) is 8.75. The summed E-state index contributed by atoms with van der Waals surface area (Å²) >= 11 is 0. The Morgan fingerprint density at radius 2 is 1.81 bits per heavy atom. The van der Waals surface area contributed by atoms with Crippen molar-refractivity contribution in [3.63, 3.8) is 0 Å². The van der Waals surface area contributed by atoms with E-state index in [1.807, 2.05) is 39.0 Å². The molecule has 0 aliphatic carbocycles. The third kappa shape index (κ3) is 5.26. The molecule has 0 aliphatic rings. The van der Waals surface area contributed by atoms with Crippen LogP contribution in [0.3, 0.4) is 0 Å². The van der Waals surface area contributed by atoms with Crippen molar-refractivity contribution in [2.24, 2.45) is 7.05 Å². The average molecular weight is 371 g/mol. The first-order chi connectivity index (χ1) is 12.7. The maximum Gasteiger partial charge on any atom is 0.306 e. The minimum absolute atomic E-state index is 0.0472. The molecule has 0 aliphatic heterocycles. The van der Waals surface area contributed by atoms with Gasteiger partial charge in [0.15, 0.2) is 12.4 Å². The molecule has 0 fully saturated rings. The number of aryl methyl sites for hydroxylation is 4. The van der Waals surface area contributed by atoms with E-state index in [1.54, 1.807) is 18.7 Å². The highest BCUT2D eigenvalue weighted by atomic mass is 16.5. The maximum atomic E-state index is 12.3. The van der Waals surface area contributed by atoms with Crippen LogP contribution in [0.25, 0.3) is 0 Å². The highest BCUT2D eigenvalue weighted by Gasteiger charge is 2.16. The number of carbonyl (C=O) groups excluding carboxylic acids is 3. The molecule has 27 heavy (non-hydrogen) atoms. The molecule has 7 nitrogen and oxygen atoms in total. The molecule has 0 atom stereocenters. The van der Waals surface area contributed by atoms with E-state index in [-0.39, 0.29) is 18.6 Å². The van der Waals surface area contributed by atoms with Gasteiger partial charge in [0.05, 0.1) is 23.5 Å². The normalized spacial score (nSPS) is 10.6. The lowest BCUT2D eigenvalue weighted by Gasteiger charge is -2.08. The van der Waals surface area contributed by atoms with E-state index in [9.17, 15) is 14.4 Å². The zero-order valence-corrected chi connectivity index (χ0v) is 16.4. The number of hydrogen-bond acceptors (Lipinski definition) is 5. The van der Waals surface area contributed by atoms with Crippen molar-refractivity contribution in [3.8, 4) is 0 Å². The number of ketones is 1. The Labute approximate surface area is 158 Å². The van der Waals surface area contributed by atoms with E-state index < -0.39 is 18.5 Å². The molecule has 2 rings (SSSR count). The lowest BCUT2D eigenvalue weighted by atomic mass is 9.99. The fraction of sp³-hybridized carbons (Fsp3) is 0.400. The predicted molar refractivity (Wildman–Crippen MR) is 102 cm³/mol. The van der Waals surface area contributed by atoms with Crippen molar-refractivity contribution in [3.05, 3.63) is 46.3 Å². The number of rotatable bonds is 7. The molecule has 1 N–H and O–H groups in total. The number of carbonyl (C=O) groups is 3. The molecule has 0 saturated heterocycles. The molecule has 0 bridgehead atoms. The predicted octanol–water partition coefficient (Wildman–Crippen LogP) is 2.80. The van der Waals surface area contributed by atoms with Crippen LogP contribution in [0.15, 0.2) is 18.2 Å². The molecule has 7 heteroatoms. The zero-order valence-electron chi connectivity index (χ0n) is 16.4. The number of Topliss-reactive ketones (excluding diaryl/α,β-unsaturated/α-hetero) is 1. The molecule has 0 radical (unpaired) electrons. The van der Waals surface area contributed by atoms with Crippen LogP contribution in [-0.2, 0) is 21.4 Å². The molecule has 1 heterocycles. The van der Waals surface area contributed by atoms with Crippen molar-refractivity contribution in [1.29, 1.82) is 0 Å². The summed E-state index contributed by atoms with van der Waals surface area (Å²) in [6.07, 6.45) is -0.0178. The summed E-state index contributed by atoms with van der Waals surface area (Å²) in [5.74, 6) is -1.13. The van der Waals surface area contributed by atoms with Gasteiger partial charge in [-0.05, 0) is 39.3 Å². The van der Waals surface area contributed by atoms with Gasteiger partial charge in [0.25, 0.3) is 5.91 Å². The molecule has 1 amide bonds. The van der Waals surface area contributed by atoms with E-state index in [0.717, 1.165) is 16.8 Å². The standard InChI is InChI=1S/C20H25N3O4/c1-12-6-7-13(2)16(10-12)17(24)8-9-19(26)27-11-18(25)21-20-14(3)22-23(5)15(20)4/h6-7,10H,8-9,11H2,1-5H3,(H,21,25). The summed E-state index contributed by atoms with van der Waals surface area (Å²) in [6.45, 7) is 6.99. The van der Waals surface area contributed by atoms with E-state index in [1.165, 1.54) is 0 Å². The molecule has 2 aromatic rings. The third-order valence-corrected chi connectivity index (χ3v) is 4.39. The van der Waals surface area contributed by atoms with Crippen LogP contribution in [0.1, 0.15) is 45.7 Å². The maximum absolute atomic E-state index is 12.3. The number of ether oxygens (including phenoxy) is 1. The number of benzene rings is 1. The third-order valence-electron chi connectivity index (χ3n) is 4.39. The molecular formula is C20H25N3O4. The summed E-state index contributed by atoms with van der Waals surface area (Å²) in [5, 5.41) is 6.90. The summed E-state index contributed by atoms with van der Waals surface area (Å²) in [4.78, 5) is 36.1. The van der Waals surface area contributed by atoms with Crippen LogP contribution in [0.4, 0.5) is 5.69 Å². The Morgan fingerprint density at radius 1 is 1.11 bits per heavy atom. The minimum Gasteiger partial charge on any atom is -0.456 e. The number of amides is 1. The summed E-state index contributed by atoms with van der Waals surface area (Å²) < 4.78 is 6.63. The lowest BCUT2D eigenvalue weighted by molar-refractivity contribution is -0.147. The second kappa shape index (κ2) is 8.62. The topological polar surface area (TPSA) is 90.3 Å². The van der Waals surface area contributed by atoms with Gasteiger partial charge in [-0.25, -0.2) is 0 Å². The Hall–Kier alpha value is -2.96. The lowest BCUT2D eigenvalue weighted by Crippen LogP contribution is -2.21. The van der Waals surface area contributed by atoms with E-state index in [4.69, 9.17) is 4.74 Å². The van der Waals surface area contributed by atoms with Gasteiger partial charge in [-0.2, -0.15) is 5.10 Å². The minimum atomic E-state index is -0.580. The molecule has 144 valence electrons. The van der Waals surface area contributed by atoms with Gasteiger partial charge >= 0.3 is 5.97 Å². The zero-order chi connectivity index (χ0) is 20.1. The monoisotopic (exact) mass is 371 g/mol. The number of hydrogen-bond donors (Lipinski definition) is 1. The van der Waals surface area contributed by atoms with Gasteiger partial charge in [-0.1, -0.05) is 17.7 Å². The van der Waals surface area contributed by atoms with Crippen LogP contribution in [0, 0.1) is 27.7 Å². The van der Waals surface area contributed by atoms with Gasteiger partial charge in [0.1, 0.15) is 0 Å². The largest absolute Gasteiger partial charge is 0.456 e. The first kappa shape index (κ1) is 20.4. The van der Waals surface area contributed by atoms with Gasteiger partial charge in [-0.3, -0.25) is 19.1 Å². The molecule has 1 aromatic carbocycles. The highest BCUT2D eigenvalue weighted by molar-refractivity contribution is 5.99. The van der Waals surface area contributed by atoms with Crippen LogP contribution in [0.5, 0.6) is 0 Å². The number of aromatic nitrogens is 2. The van der Waals surface area contributed by atoms with Crippen LogP contribution in [-0.4, -0.2) is 34.0 Å². The highest BCUT2D eigenvalue weighted by Crippen LogP contribution is 2.18. The molecule has 0 unspecified atom stereocenters. The van der Waals surface area contributed by atoms with Gasteiger partial charge in [0, 0.05) is 19.0 Å². The van der Waals surface area contributed by atoms with Gasteiger partial charge in [-0.15, -0.1) is 0 Å². The van der Waals surface area contributed by atoms with Crippen molar-refractivity contribution < 1.29 is 19.1 Å². The smallest absolute Gasteiger partial charge is 0.306 e. The fourth-order valence-corrected chi connectivity index (χ4v) is 2.73.